The minimum atomic E-state index is -4.61. The fourth-order valence-corrected chi connectivity index (χ4v) is 3.11. The van der Waals surface area contributed by atoms with Gasteiger partial charge in [0.2, 0.25) is 10.0 Å². The lowest BCUT2D eigenvalue weighted by atomic mass is 10.1. The minimum absolute atomic E-state index is 0.111. The Bertz CT molecular complexity index is 1000. The number of esters is 1. The van der Waals surface area contributed by atoms with Crippen LogP contribution in [0.5, 0.6) is 0 Å². The van der Waals surface area contributed by atoms with Crippen molar-refractivity contribution >= 4 is 21.8 Å². The molecule has 0 saturated heterocycles. The van der Waals surface area contributed by atoms with Crippen molar-refractivity contribution in [2.75, 3.05) is 20.7 Å². The molecular weight excluding hydrogens is 399 g/mol. The molecule has 150 valence electrons. The van der Waals surface area contributed by atoms with Crippen LogP contribution in [0.2, 0.25) is 0 Å². The first-order valence-corrected chi connectivity index (χ1v) is 9.27. The lowest BCUT2D eigenvalue weighted by molar-refractivity contribution is -0.137. The first kappa shape index (κ1) is 21.6. The molecule has 28 heavy (non-hydrogen) atoms. The third kappa shape index (κ3) is 4.96. The van der Waals surface area contributed by atoms with Crippen LogP contribution < -0.4 is 0 Å². The molecule has 0 aliphatic carbocycles. The number of Topliss-reactive ketones (excluding diaryl/α,β-unsaturated/α-hetero) is 1. The summed E-state index contributed by atoms with van der Waals surface area (Å²) in [5.74, 6) is -1.80. The molecule has 6 nitrogen and oxygen atoms in total. The van der Waals surface area contributed by atoms with Crippen LogP contribution in [-0.2, 0) is 20.9 Å². The molecule has 0 N–H and O–H groups in total. The third-order valence-electron chi connectivity index (χ3n) is 3.69. The molecule has 0 aliphatic rings. The van der Waals surface area contributed by atoms with Crippen molar-refractivity contribution in [3.8, 4) is 0 Å². The number of ketones is 1. The van der Waals surface area contributed by atoms with Gasteiger partial charge >= 0.3 is 12.1 Å². The van der Waals surface area contributed by atoms with Crippen LogP contribution in [0.25, 0.3) is 0 Å². The number of hydrogen-bond acceptors (Lipinski definition) is 5. The number of benzene rings is 2. The fraction of sp³-hybridized carbons (Fsp3) is 0.222. The summed E-state index contributed by atoms with van der Waals surface area (Å²) in [7, 11) is -1.12. The zero-order chi connectivity index (χ0) is 21.1. The second kappa shape index (κ2) is 8.11. The number of nitrogens with zero attached hydrogens (tertiary/aromatic N) is 1. The summed E-state index contributed by atoms with van der Waals surface area (Å²) < 4.78 is 68.1. The van der Waals surface area contributed by atoms with Gasteiger partial charge in [-0.15, -0.1) is 0 Å². The van der Waals surface area contributed by atoms with Gasteiger partial charge in [-0.05, 0) is 30.3 Å². The van der Waals surface area contributed by atoms with E-state index in [1.54, 1.807) is 0 Å². The highest BCUT2D eigenvalue weighted by Gasteiger charge is 2.31. The Balaban J connectivity index is 2.12. The maximum absolute atomic E-state index is 12.7. The van der Waals surface area contributed by atoms with Crippen LogP contribution in [0.3, 0.4) is 0 Å². The van der Waals surface area contributed by atoms with Gasteiger partial charge < -0.3 is 4.74 Å². The van der Waals surface area contributed by atoms with Gasteiger partial charge in [-0.25, -0.2) is 17.5 Å². The molecular formula is C18H16F3NO5S. The van der Waals surface area contributed by atoms with Crippen LogP contribution in [0.15, 0.2) is 53.4 Å². The summed E-state index contributed by atoms with van der Waals surface area (Å²) in [6.45, 7) is -0.787. The van der Waals surface area contributed by atoms with Gasteiger partial charge in [-0.3, -0.25) is 4.79 Å². The van der Waals surface area contributed by atoms with Crippen molar-refractivity contribution in [2.24, 2.45) is 0 Å². The molecule has 0 radical (unpaired) electrons. The van der Waals surface area contributed by atoms with Gasteiger partial charge in [0.05, 0.1) is 16.0 Å². The van der Waals surface area contributed by atoms with E-state index in [4.69, 9.17) is 4.74 Å². The number of hydrogen-bond donors (Lipinski definition) is 0. The molecule has 0 amide bonds. The van der Waals surface area contributed by atoms with E-state index in [9.17, 15) is 31.2 Å². The molecule has 0 aliphatic heterocycles. The number of alkyl halides is 3. The van der Waals surface area contributed by atoms with Crippen LogP contribution >= 0.6 is 0 Å². The molecule has 2 rings (SSSR count). The van der Waals surface area contributed by atoms with E-state index in [1.165, 1.54) is 38.4 Å². The zero-order valence-corrected chi connectivity index (χ0v) is 15.7. The number of carbonyl (C=O) groups excluding carboxylic acids is 2. The van der Waals surface area contributed by atoms with Gasteiger partial charge in [0.15, 0.2) is 12.4 Å². The van der Waals surface area contributed by atoms with Crippen molar-refractivity contribution in [1.82, 2.24) is 4.31 Å². The van der Waals surface area contributed by atoms with Gasteiger partial charge in [-0.2, -0.15) is 13.2 Å². The summed E-state index contributed by atoms with van der Waals surface area (Å²) in [5, 5.41) is 0. The molecule has 2 aromatic carbocycles. The molecule has 0 spiro atoms. The topological polar surface area (TPSA) is 80.8 Å². The van der Waals surface area contributed by atoms with E-state index >= 15 is 0 Å². The fourth-order valence-electron chi connectivity index (χ4n) is 2.16. The number of carbonyl (C=O) groups is 2. The van der Waals surface area contributed by atoms with Gasteiger partial charge in [0, 0.05) is 19.7 Å². The Labute approximate surface area is 159 Å². The largest absolute Gasteiger partial charge is 0.454 e. The molecule has 10 heteroatoms. The lowest BCUT2D eigenvalue weighted by Crippen LogP contribution is -2.22. The van der Waals surface area contributed by atoms with Crippen LogP contribution in [0, 0.1) is 0 Å². The minimum Gasteiger partial charge on any atom is -0.454 e. The molecule has 0 atom stereocenters. The monoisotopic (exact) mass is 415 g/mol. The van der Waals surface area contributed by atoms with Crippen molar-refractivity contribution in [3.63, 3.8) is 0 Å². The zero-order valence-electron chi connectivity index (χ0n) is 14.9. The Hall–Kier alpha value is -2.72. The van der Waals surface area contributed by atoms with E-state index in [1.807, 2.05) is 0 Å². The predicted molar refractivity (Wildman–Crippen MR) is 93.4 cm³/mol. The maximum Gasteiger partial charge on any atom is 0.416 e. The molecule has 0 unspecified atom stereocenters. The van der Waals surface area contributed by atoms with E-state index in [0.29, 0.717) is 6.07 Å². The average molecular weight is 415 g/mol. The normalized spacial score (nSPS) is 12.1. The lowest BCUT2D eigenvalue weighted by Gasteiger charge is -2.12. The second-order valence-electron chi connectivity index (χ2n) is 5.89. The van der Waals surface area contributed by atoms with E-state index in [0.717, 1.165) is 22.5 Å². The van der Waals surface area contributed by atoms with Crippen LogP contribution in [0.4, 0.5) is 13.2 Å². The van der Waals surface area contributed by atoms with E-state index in [2.05, 4.69) is 0 Å². The predicted octanol–water partition coefficient (Wildman–Crippen LogP) is 3.00. The van der Waals surface area contributed by atoms with Gasteiger partial charge in [0.1, 0.15) is 0 Å². The molecule has 0 aromatic heterocycles. The number of rotatable bonds is 6. The highest BCUT2D eigenvalue weighted by molar-refractivity contribution is 7.89. The summed E-state index contributed by atoms with van der Waals surface area (Å²) in [5.41, 5.74) is -1.36. The van der Waals surface area contributed by atoms with Crippen molar-refractivity contribution in [2.45, 2.75) is 11.1 Å². The third-order valence-corrected chi connectivity index (χ3v) is 5.51. The van der Waals surface area contributed by atoms with Crippen molar-refractivity contribution in [1.29, 1.82) is 0 Å². The van der Waals surface area contributed by atoms with Crippen LogP contribution in [0.1, 0.15) is 26.3 Å². The highest BCUT2D eigenvalue weighted by Crippen LogP contribution is 2.29. The first-order valence-electron chi connectivity index (χ1n) is 7.83. The van der Waals surface area contributed by atoms with E-state index < -0.39 is 40.1 Å². The number of halogens is 3. The van der Waals surface area contributed by atoms with Gasteiger partial charge in [0.25, 0.3) is 0 Å². The number of ether oxygens (including phenoxy) is 1. The van der Waals surface area contributed by atoms with Gasteiger partial charge in [-0.1, -0.05) is 18.2 Å². The van der Waals surface area contributed by atoms with Crippen molar-refractivity contribution < 1.29 is 35.9 Å². The van der Waals surface area contributed by atoms with E-state index in [-0.39, 0.29) is 16.0 Å². The Kier molecular flexibility index (Phi) is 6.25. The Morgan fingerprint density at radius 3 is 2.21 bits per heavy atom. The summed E-state index contributed by atoms with van der Waals surface area (Å²) >= 11 is 0. The smallest absolute Gasteiger partial charge is 0.416 e. The Morgan fingerprint density at radius 1 is 1.00 bits per heavy atom. The van der Waals surface area contributed by atoms with Crippen LogP contribution in [-0.4, -0.2) is 45.2 Å². The molecule has 0 bridgehead atoms. The SMILES string of the molecule is CN(C)S(=O)(=O)c1cccc(C(=O)OCC(=O)c2cccc(C(F)(F)F)c2)c1. The summed E-state index contributed by atoms with van der Waals surface area (Å²) in [6.07, 6.45) is -4.61. The molecule has 0 fully saturated rings. The summed E-state index contributed by atoms with van der Waals surface area (Å²) in [6, 6.07) is 8.75. The Morgan fingerprint density at radius 2 is 1.61 bits per heavy atom. The average Bonchev–Trinajstić information content (AvgIpc) is 2.65. The second-order valence-corrected chi connectivity index (χ2v) is 8.04. The first-order chi connectivity index (χ1) is 12.9. The summed E-state index contributed by atoms with van der Waals surface area (Å²) in [4.78, 5) is 24.0. The molecule has 0 heterocycles. The van der Waals surface area contributed by atoms with Crippen molar-refractivity contribution in [3.05, 3.63) is 65.2 Å². The standard InChI is InChI=1S/C18H16F3NO5S/c1-22(2)28(25,26)15-8-4-6-13(10-15)17(24)27-11-16(23)12-5-3-7-14(9-12)18(19,20)21/h3-10H,11H2,1-2H3. The molecule has 2 aromatic rings. The quantitative estimate of drug-likeness (QED) is 0.535. The highest BCUT2D eigenvalue weighted by atomic mass is 32.2. The maximum atomic E-state index is 12.7. The molecule has 0 saturated carbocycles. The number of sulfonamides is 1.